The normalized spacial score (nSPS) is 15.1. The number of hydrogen-bond donors (Lipinski definition) is 0. The molecule has 0 saturated carbocycles. The quantitative estimate of drug-likeness (QED) is 0.542. The first kappa shape index (κ1) is 23.0. The van der Waals surface area contributed by atoms with E-state index >= 15 is 0 Å². The Labute approximate surface area is 188 Å². The van der Waals surface area contributed by atoms with Crippen LogP contribution in [0.5, 0.6) is 0 Å². The molecule has 0 unspecified atom stereocenters. The summed E-state index contributed by atoms with van der Waals surface area (Å²) in [5.74, 6) is -2.07. The number of aryl methyl sites for hydroxylation is 1. The lowest BCUT2D eigenvalue weighted by atomic mass is 10.2. The number of aromatic nitrogens is 1. The first-order valence-corrected chi connectivity index (χ1v) is 11.6. The minimum atomic E-state index is -3.99. The predicted octanol–water partition coefficient (Wildman–Crippen LogP) is 3.22. The fourth-order valence-electron chi connectivity index (χ4n) is 3.51. The summed E-state index contributed by atoms with van der Waals surface area (Å²) >= 11 is 0. The second kappa shape index (κ2) is 9.36. The number of oxazole rings is 1. The summed E-state index contributed by atoms with van der Waals surface area (Å²) < 4.78 is 71.7. The second-order valence-electron chi connectivity index (χ2n) is 7.49. The van der Waals surface area contributed by atoms with Crippen LogP contribution < -0.4 is 0 Å². The van der Waals surface area contributed by atoms with Gasteiger partial charge >= 0.3 is 0 Å². The third-order valence-electron chi connectivity index (χ3n) is 5.36. The van der Waals surface area contributed by atoms with Gasteiger partial charge < -0.3 is 9.32 Å². The first-order chi connectivity index (χ1) is 15.7. The number of amides is 1. The summed E-state index contributed by atoms with van der Waals surface area (Å²) in [7, 11) is -3.99. The maximum atomic E-state index is 13.4. The van der Waals surface area contributed by atoms with Crippen molar-refractivity contribution >= 4 is 15.9 Å². The molecular formula is C22H20F3N3O4S. The Balaban J connectivity index is 1.31. The van der Waals surface area contributed by atoms with Crippen LogP contribution in [-0.2, 0) is 21.2 Å². The Hall–Kier alpha value is -3.18. The van der Waals surface area contributed by atoms with Gasteiger partial charge in [-0.2, -0.15) is 4.31 Å². The third kappa shape index (κ3) is 5.09. The van der Waals surface area contributed by atoms with Gasteiger partial charge in [-0.1, -0.05) is 0 Å². The van der Waals surface area contributed by atoms with Crippen LogP contribution in [0.4, 0.5) is 13.2 Å². The lowest BCUT2D eigenvalue weighted by molar-refractivity contribution is -0.132. The van der Waals surface area contributed by atoms with Gasteiger partial charge in [-0.15, -0.1) is 0 Å². The first-order valence-electron chi connectivity index (χ1n) is 10.2. The molecule has 0 aliphatic carbocycles. The number of carbonyl (C=O) groups excluding carboxylic acids is 1. The van der Waals surface area contributed by atoms with Crippen molar-refractivity contribution in [3.8, 4) is 11.3 Å². The Kier molecular flexibility index (Phi) is 6.52. The van der Waals surface area contributed by atoms with Gasteiger partial charge in [-0.25, -0.2) is 26.6 Å². The molecule has 1 saturated heterocycles. The van der Waals surface area contributed by atoms with Gasteiger partial charge in [0, 0.05) is 44.6 Å². The zero-order valence-corrected chi connectivity index (χ0v) is 18.2. The molecule has 0 radical (unpaired) electrons. The van der Waals surface area contributed by atoms with E-state index in [4.69, 9.17) is 4.42 Å². The summed E-state index contributed by atoms with van der Waals surface area (Å²) in [6, 6.07) is 8.20. The molecule has 4 rings (SSSR count). The van der Waals surface area contributed by atoms with E-state index in [9.17, 15) is 26.4 Å². The molecule has 1 aliphatic rings. The monoisotopic (exact) mass is 479 g/mol. The molecule has 0 bridgehead atoms. The molecule has 0 spiro atoms. The number of halogens is 3. The molecule has 1 aromatic heterocycles. The predicted molar refractivity (Wildman–Crippen MR) is 112 cm³/mol. The number of piperazine rings is 1. The van der Waals surface area contributed by atoms with Crippen molar-refractivity contribution in [3.63, 3.8) is 0 Å². The van der Waals surface area contributed by atoms with Crippen LogP contribution in [0.25, 0.3) is 11.3 Å². The van der Waals surface area contributed by atoms with Gasteiger partial charge in [-0.05, 0) is 42.5 Å². The minimum absolute atomic E-state index is 0.0424. The third-order valence-corrected chi connectivity index (χ3v) is 7.25. The van der Waals surface area contributed by atoms with Crippen molar-refractivity contribution in [3.05, 3.63) is 72.0 Å². The largest absolute Gasteiger partial charge is 0.441 e. The minimum Gasteiger partial charge on any atom is -0.441 e. The van der Waals surface area contributed by atoms with E-state index < -0.39 is 21.7 Å². The van der Waals surface area contributed by atoms with Gasteiger partial charge in [0.25, 0.3) is 0 Å². The van der Waals surface area contributed by atoms with Gasteiger partial charge in [0.05, 0.1) is 11.1 Å². The van der Waals surface area contributed by atoms with Crippen molar-refractivity contribution in [2.24, 2.45) is 0 Å². The molecule has 33 heavy (non-hydrogen) atoms. The molecular weight excluding hydrogens is 459 g/mol. The molecule has 11 heteroatoms. The highest BCUT2D eigenvalue weighted by Gasteiger charge is 2.30. The SMILES string of the molecule is O=C(CCc1ncc(-c2ccc(F)cc2)o1)N1CCN(S(=O)(=O)c2ccc(F)c(F)c2)CC1. The van der Waals surface area contributed by atoms with Crippen LogP contribution in [-0.4, -0.2) is 54.7 Å². The molecule has 2 aromatic carbocycles. The smallest absolute Gasteiger partial charge is 0.243 e. The van der Waals surface area contributed by atoms with Crippen LogP contribution in [0.2, 0.25) is 0 Å². The Morgan fingerprint density at radius 1 is 0.970 bits per heavy atom. The Morgan fingerprint density at radius 3 is 2.33 bits per heavy atom. The molecule has 1 aliphatic heterocycles. The van der Waals surface area contributed by atoms with E-state index in [-0.39, 0.29) is 55.6 Å². The molecule has 174 valence electrons. The second-order valence-corrected chi connectivity index (χ2v) is 9.42. The summed E-state index contributed by atoms with van der Waals surface area (Å²) in [5.41, 5.74) is 0.667. The standard InChI is InChI=1S/C22H20F3N3O4S/c23-16-3-1-15(2-4-16)20-14-26-21(32-20)7-8-22(29)27-9-11-28(12-10-27)33(30,31)17-5-6-18(24)19(25)13-17/h1-6,13-14H,7-12H2. The van der Waals surface area contributed by atoms with E-state index in [1.165, 1.54) is 18.3 Å². The number of sulfonamides is 1. The number of hydrogen-bond acceptors (Lipinski definition) is 5. The zero-order chi connectivity index (χ0) is 23.6. The fourth-order valence-corrected chi connectivity index (χ4v) is 4.94. The van der Waals surface area contributed by atoms with E-state index in [2.05, 4.69) is 4.98 Å². The molecule has 1 fully saturated rings. The average Bonchev–Trinajstić information content (AvgIpc) is 3.29. The molecule has 0 atom stereocenters. The molecule has 7 nitrogen and oxygen atoms in total. The van der Waals surface area contributed by atoms with Crippen molar-refractivity contribution in [1.29, 1.82) is 0 Å². The maximum Gasteiger partial charge on any atom is 0.243 e. The van der Waals surface area contributed by atoms with Crippen LogP contribution in [0.15, 0.2) is 58.0 Å². The van der Waals surface area contributed by atoms with Crippen LogP contribution in [0.3, 0.4) is 0 Å². The van der Waals surface area contributed by atoms with Gasteiger partial charge in [0.2, 0.25) is 15.9 Å². The highest BCUT2D eigenvalue weighted by Crippen LogP contribution is 2.22. The topological polar surface area (TPSA) is 83.7 Å². The molecule has 0 N–H and O–H groups in total. The lowest BCUT2D eigenvalue weighted by Gasteiger charge is -2.34. The van der Waals surface area contributed by atoms with Crippen molar-refractivity contribution < 1.29 is 30.8 Å². The van der Waals surface area contributed by atoms with Gasteiger partial charge in [-0.3, -0.25) is 4.79 Å². The van der Waals surface area contributed by atoms with Gasteiger partial charge in [0.1, 0.15) is 5.82 Å². The lowest BCUT2D eigenvalue weighted by Crippen LogP contribution is -2.50. The van der Waals surface area contributed by atoms with E-state index in [0.717, 1.165) is 16.4 Å². The summed E-state index contributed by atoms with van der Waals surface area (Å²) in [4.78, 5) is 17.9. The van der Waals surface area contributed by atoms with Crippen molar-refractivity contribution in [2.75, 3.05) is 26.2 Å². The highest BCUT2D eigenvalue weighted by molar-refractivity contribution is 7.89. The maximum absolute atomic E-state index is 13.4. The van der Waals surface area contributed by atoms with Crippen LogP contribution in [0.1, 0.15) is 12.3 Å². The molecule has 3 aromatic rings. The van der Waals surface area contributed by atoms with Gasteiger partial charge in [0.15, 0.2) is 23.3 Å². The number of benzene rings is 2. The summed E-state index contributed by atoms with van der Waals surface area (Å²) in [6.07, 6.45) is 1.89. The highest BCUT2D eigenvalue weighted by atomic mass is 32.2. The molecule has 2 heterocycles. The van der Waals surface area contributed by atoms with Crippen molar-refractivity contribution in [1.82, 2.24) is 14.2 Å². The summed E-state index contributed by atoms with van der Waals surface area (Å²) in [6.45, 7) is 0.434. The van der Waals surface area contributed by atoms with Crippen LogP contribution >= 0.6 is 0 Å². The van der Waals surface area contributed by atoms with E-state index in [1.807, 2.05) is 0 Å². The zero-order valence-electron chi connectivity index (χ0n) is 17.4. The average molecular weight is 479 g/mol. The van der Waals surface area contributed by atoms with E-state index in [1.54, 1.807) is 17.0 Å². The van der Waals surface area contributed by atoms with E-state index in [0.29, 0.717) is 23.3 Å². The van der Waals surface area contributed by atoms with Crippen LogP contribution in [0, 0.1) is 17.5 Å². The number of nitrogens with zero attached hydrogens (tertiary/aromatic N) is 3. The number of rotatable bonds is 6. The Morgan fingerprint density at radius 2 is 1.67 bits per heavy atom. The fraction of sp³-hybridized carbons (Fsp3) is 0.273. The molecule has 1 amide bonds. The van der Waals surface area contributed by atoms with Crippen molar-refractivity contribution in [2.45, 2.75) is 17.7 Å². The number of carbonyl (C=O) groups is 1. The summed E-state index contributed by atoms with van der Waals surface area (Å²) in [5, 5.41) is 0. The Bertz CT molecular complexity index is 1250.